The monoisotopic (exact) mass is 216 g/mol. The Balaban J connectivity index is 2.32. The normalized spacial score (nSPS) is 22.1. The molecular weight excluding hydrogens is 196 g/mol. The molecule has 15 heavy (non-hydrogen) atoms. The number of carbonyl (C=O) groups is 1. The molecule has 88 valence electrons. The van der Waals surface area contributed by atoms with Crippen molar-refractivity contribution in [2.24, 2.45) is 0 Å². The molecule has 5 heteroatoms. The number of hydrogen-bond donors (Lipinski definition) is 2. The molecule has 1 rings (SSSR count). The van der Waals surface area contributed by atoms with E-state index in [9.17, 15) is 4.79 Å². The highest BCUT2D eigenvalue weighted by Gasteiger charge is 2.23. The van der Waals surface area contributed by atoms with Crippen LogP contribution < -0.4 is 5.32 Å². The van der Waals surface area contributed by atoms with E-state index in [0.717, 1.165) is 0 Å². The average molecular weight is 216 g/mol. The number of aliphatic hydroxyl groups excluding tert-OH is 1. The molecule has 1 atom stereocenters. The van der Waals surface area contributed by atoms with Crippen LogP contribution in [0.3, 0.4) is 0 Å². The van der Waals surface area contributed by atoms with Crippen molar-refractivity contribution in [3.8, 4) is 0 Å². The first-order valence-electron chi connectivity index (χ1n) is 5.37. The van der Waals surface area contributed by atoms with Crippen molar-refractivity contribution in [1.29, 1.82) is 0 Å². The van der Waals surface area contributed by atoms with E-state index in [1.165, 1.54) is 0 Å². The van der Waals surface area contributed by atoms with E-state index in [4.69, 9.17) is 9.84 Å². The van der Waals surface area contributed by atoms with Crippen LogP contribution in [0, 0.1) is 0 Å². The lowest BCUT2D eigenvalue weighted by Crippen LogP contribution is -2.49. The first-order valence-corrected chi connectivity index (χ1v) is 5.37. The molecule has 1 fully saturated rings. The van der Waals surface area contributed by atoms with Crippen LogP contribution >= 0.6 is 0 Å². The SMILES string of the molecule is CC(C)NCC(=O)N1CCOC(CO)C1. The zero-order valence-electron chi connectivity index (χ0n) is 9.40. The predicted octanol–water partition coefficient (Wildman–Crippen LogP) is -0.796. The van der Waals surface area contributed by atoms with Crippen molar-refractivity contribution in [3.05, 3.63) is 0 Å². The number of morpholine rings is 1. The Morgan fingerprint density at radius 3 is 3.00 bits per heavy atom. The van der Waals surface area contributed by atoms with Crippen LogP contribution in [0.2, 0.25) is 0 Å². The van der Waals surface area contributed by atoms with Crippen LogP contribution in [-0.2, 0) is 9.53 Å². The van der Waals surface area contributed by atoms with Crippen LogP contribution in [0.4, 0.5) is 0 Å². The highest BCUT2D eigenvalue weighted by Crippen LogP contribution is 2.04. The fraction of sp³-hybridized carbons (Fsp3) is 0.900. The molecule has 0 radical (unpaired) electrons. The van der Waals surface area contributed by atoms with E-state index in [1.54, 1.807) is 4.90 Å². The molecule has 1 amide bonds. The zero-order valence-corrected chi connectivity index (χ0v) is 9.40. The number of nitrogens with zero attached hydrogens (tertiary/aromatic N) is 1. The van der Waals surface area contributed by atoms with Crippen molar-refractivity contribution < 1.29 is 14.6 Å². The van der Waals surface area contributed by atoms with Gasteiger partial charge in [-0.3, -0.25) is 4.79 Å². The van der Waals surface area contributed by atoms with E-state index < -0.39 is 0 Å². The molecular formula is C10H20N2O3. The topological polar surface area (TPSA) is 61.8 Å². The molecule has 0 aliphatic carbocycles. The summed E-state index contributed by atoms with van der Waals surface area (Å²) in [5.41, 5.74) is 0. The Labute approximate surface area is 90.4 Å². The number of hydrogen-bond acceptors (Lipinski definition) is 4. The Hall–Kier alpha value is -0.650. The Morgan fingerprint density at radius 2 is 2.40 bits per heavy atom. The number of ether oxygens (including phenoxy) is 1. The first-order chi connectivity index (χ1) is 7.13. The molecule has 0 aromatic heterocycles. The van der Waals surface area contributed by atoms with E-state index in [1.807, 2.05) is 13.8 Å². The number of carbonyl (C=O) groups excluding carboxylic acids is 1. The summed E-state index contributed by atoms with van der Waals surface area (Å²) in [6, 6.07) is 0.309. The minimum absolute atomic E-state index is 0.0264. The summed E-state index contributed by atoms with van der Waals surface area (Å²) < 4.78 is 5.27. The molecule has 1 aliphatic rings. The molecule has 0 bridgehead atoms. The third-order valence-corrected chi connectivity index (χ3v) is 2.36. The maximum atomic E-state index is 11.7. The van der Waals surface area contributed by atoms with Gasteiger partial charge >= 0.3 is 0 Å². The molecule has 2 N–H and O–H groups in total. The van der Waals surface area contributed by atoms with Crippen molar-refractivity contribution in [3.63, 3.8) is 0 Å². The summed E-state index contributed by atoms with van der Waals surface area (Å²) >= 11 is 0. The lowest BCUT2D eigenvalue weighted by molar-refractivity contribution is -0.139. The Morgan fingerprint density at radius 1 is 1.67 bits per heavy atom. The zero-order chi connectivity index (χ0) is 11.3. The number of amides is 1. The third kappa shape index (κ3) is 4.15. The van der Waals surface area contributed by atoms with Gasteiger partial charge in [-0.15, -0.1) is 0 Å². The first kappa shape index (κ1) is 12.4. The summed E-state index contributed by atoms with van der Waals surface area (Å²) in [7, 11) is 0. The molecule has 0 spiro atoms. The van der Waals surface area contributed by atoms with Crippen molar-refractivity contribution >= 4 is 5.91 Å². The van der Waals surface area contributed by atoms with E-state index in [-0.39, 0.29) is 18.6 Å². The lowest BCUT2D eigenvalue weighted by atomic mass is 10.2. The third-order valence-electron chi connectivity index (χ3n) is 2.36. The van der Waals surface area contributed by atoms with E-state index in [2.05, 4.69) is 5.32 Å². The molecule has 1 saturated heterocycles. The highest BCUT2D eigenvalue weighted by molar-refractivity contribution is 5.78. The average Bonchev–Trinajstić information content (AvgIpc) is 2.26. The number of aliphatic hydroxyl groups is 1. The second-order valence-electron chi connectivity index (χ2n) is 4.05. The van der Waals surface area contributed by atoms with Crippen LogP contribution in [0.25, 0.3) is 0 Å². The maximum Gasteiger partial charge on any atom is 0.236 e. The maximum absolute atomic E-state index is 11.7. The molecule has 0 aromatic rings. The van der Waals surface area contributed by atoms with Gasteiger partial charge in [-0.25, -0.2) is 0 Å². The fourth-order valence-corrected chi connectivity index (χ4v) is 1.46. The van der Waals surface area contributed by atoms with Gasteiger partial charge in [0, 0.05) is 19.1 Å². The highest BCUT2D eigenvalue weighted by atomic mass is 16.5. The lowest BCUT2D eigenvalue weighted by Gasteiger charge is -2.32. The van der Waals surface area contributed by atoms with Gasteiger partial charge in [0.05, 0.1) is 25.9 Å². The summed E-state index contributed by atoms with van der Waals surface area (Å²) in [5, 5.41) is 12.0. The van der Waals surface area contributed by atoms with Crippen molar-refractivity contribution in [1.82, 2.24) is 10.2 Å². The molecule has 1 unspecified atom stereocenters. The largest absolute Gasteiger partial charge is 0.394 e. The number of nitrogens with one attached hydrogen (secondary N) is 1. The van der Waals surface area contributed by atoms with Gasteiger partial charge in [-0.2, -0.15) is 0 Å². The van der Waals surface area contributed by atoms with Gasteiger partial charge in [-0.05, 0) is 0 Å². The van der Waals surface area contributed by atoms with E-state index in [0.29, 0.717) is 32.3 Å². The van der Waals surface area contributed by atoms with Crippen molar-refractivity contribution in [2.75, 3.05) is 32.8 Å². The second-order valence-corrected chi connectivity index (χ2v) is 4.05. The molecule has 1 aliphatic heterocycles. The summed E-state index contributed by atoms with van der Waals surface area (Å²) in [6.07, 6.45) is -0.221. The predicted molar refractivity (Wildman–Crippen MR) is 56.5 cm³/mol. The van der Waals surface area contributed by atoms with Crippen LogP contribution in [-0.4, -0.2) is 60.9 Å². The number of rotatable bonds is 4. The smallest absolute Gasteiger partial charge is 0.236 e. The van der Waals surface area contributed by atoms with Crippen LogP contribution in [0.1, 0.15) is 13.8 Å². The van der Waals surface area contributed by atoms with Crippen molar-refractivity contribution in [2.45, 2.75) is 26.0 Å². The summed E-state index contributed by atoms with van der Waals surface area (Å²) in [5.74, 6) is 0.0745. The Kier molecular flexibility index (Phi) is 5.01. The van der Waals surface area contributed by atoms with Crippen LogP contribution in [0.5, 0.6) is 0 Å². The van der Waals surface area contributed by atoms with Crippen LogP contribution in [0.15, 0.2) is 0 Å². The second kappa shape index (κ2) is 6.05. The Bertz CT molecular complexity index is 209. The van der Waals surface area contributed by atoms with Gasteiger partial charge in [0.15, 0.2) is 0 Å². The van der Waals surface area contributed by atoms with Gasteiger partial charge in [-0.1, -0.05) is 13.8 Å². The van der Waals surface area contributed by atoms with Gasteiger partial charge in [0.25, 0.3) is 0 Å². The van der Waals surface area contributed by atoms with Gasteiger partial charge < -0.3 is 20.1 Å². The standard InChI is InChI=1S/C10H20N2O3/c1-8(2)11-5-10(14)12-3-4-15-9(6-12)7-13/h8-9,11,13H,3-7H2,1-2H3. The molecule has 5 nitrogen and oxygen atoms in total. The summed E-state index contributed by atoms with van der Waals surface area (Å²) in [4.78, 5) is 13.4. The molecule has 0 saturated carbocycles. The van der Waals surface area contributed by atoms with Gasteiger partial charge in [0.1, 0.15) is 0 Å². The molecule has 0 aromatic carbocycles. The fourth-order valence-electron chi connectivity index (χ4n) is 1.46. The van der Waals surface area contributed by atoms with Gasteiger partial charge in [0.2, 0.25) is 5.91 Å². The van der Waals surface area contributed by atoms with E-state index >= 15 is 0 Å². The molecule has 1 heterocycles. The minimum atomic E-state index is -0.221. The quantitative estimate of drug-likeness (QED) is 0.646. The minimum Gasteiger partial charge on any atom is -0.394 e. The summed E-state index contributed by atoms with van der Waals surface area (Å²) in [6.45, 7) is 5.96.